The van der Waals surface area contributed by atoms with E-state index in [1.54, 1.807) is 24.3 Å². The van der Waals surface area contributed by atoms with E-state index in [-0.39, 0.29) is 17.7 Å². The summed E-state index contributed by atoms with van der Waals surface area (Å²) in [5, 5.41) is 0. The van der Waals surface area contributed by atoms with E-state index in [4.69, 9.17) is 11.5 Å². The van der Waals surface area contributed by atoms with Crippen LogP contribution in [0.25, 0.3) is 11.1 Å². The van der Waals surface area contributed by atoms with Gasteiger partial charge in [0.15, 0.2) is 5.78 Å². The number of hydrogen-bond acceptors (Lipinski definition) is 3. The molecule has 4 N–H and O–H groups in total. The molecule has 2 aromatic rings. The molecular weight excluding hydrogens is 293 g/mol. The molecule has 0 fully saturated rings. The van der Waals surface area contributed by atoms with E-state index in [1.165, 1.54) is 6.07 Å². The highest BCUT2D eigenvalue weighted by molar-refractivity contribution is 6.03. The summed E-state index contributed by atoms with van der Waals surface area (Å²) in [4.78, 5) is 11.9. The molecule has 2 rings (SSSR count). The van der Waals surface area contributed by atoms with Gasteiger partial charge in [-0.1, -0.05) is 30.3 Å². The minimum absolute atomic E-state index is 0.177. The second-order valence-corrected chi connectivity index (χ2v) is 4.79. The Labute approximate surface area is 125 Å². The lowest BCUT2D eigenvalue weighted by Crippen LogP contribution is -2.15. The van der Waals surface area contributed by atoms with Crippen molar-refractivity contribution in [3.63, 3.8) is 0 Å². The number of nitrogens with two attached hydrogens (primary N) is 2. The van der Waals surface area contributed by atoms with Gasteiger partial charge in [-0.2, -0.15) is 13.2 Å². The average molecular weight is 308 g/mol. The van der Waals surface area contributed by atoms with Gasteiger partial charge in [0.05, 0.1) is 12.1 Å². The highest BCUT2D eigenvalue weighted by atomic mass is 19.4. The number of ketones is 1. The second-order valence-electron chi connectivity index (χ2n) is 4.79. The van der Waals surface area contributed by atoms with Gasteiger partial charge in [0.2, 0.25) is 0 Å². The van der Waals surface area contributed by atoms with Crippen LogP contribution < -0.4 is 11.5 Å². The van der Waals surface area contributed by atoms with Crippen molar-refractivity contribution in [2.24, 2.45) is 11.5 Å². The maximum atomic E-state index is 12.9. The number of hydrogen-bond donors (Lipinski definition) is 2. The highest BCUT2D eigenvalue weighted by Gasteiger charge is 2.31. The van der Waals surface area contributed by atoms with Crippen LogP contribution in [0.1, 0.15) is 21.5 Å². The summed E-state index contributed by atoms with van der Waals surface area (Å²) in [6, 6.07) is 9.75. The molecule has 0 bridgehead atoms. The molecule has 0 amide bonds. The number of benzene rings is 2. The van der Waals surface area contributed by atoms with Gasteiger partial charge in [0, 0.05) is 12.1 Å². The quantitative estimate of drug-likeness (QED) is 0.853. The van der Waals surface area contributed by atoms with E-state index in [0.717, 1.165) is 17.7 Å². The Balaban J connectivity index is 2.60. The molecule has 116 valence electrons. The molecule has 0 spiro atoms. The normalized spacial score (nSPS) is 11.5. The van der Waals surface area contributed by atoms with Crippen LogP contribution in [0.4, 0.5) is 13.2 Å². The standard InChI is InChI=1S/C16H15F3N2O/c17-16(18,19)12-5-6-13(15(22)9-21)14(7-12)11-3-1-10(8-20)2-4-11/h1-7H,8-9,20-21H2. The van der Waals surface area contributed by atoms with Crippen LogP contribution in [-0.2, 0) is 12.7 Å². The lowest BCUT2D eigenvalue weighted by Gasteiger charge is -2.13. The van der Waals surface area contributed by atoms with Crippen molar-refractivity contribution in [1.29, 1.82) is 0 Å². The Kier molecular flexibility index (Phi) is 4.63. The van der Waals surface area contributed by atoms with Gasteiger partial charge in [-0.05, 0) is 28.8 Å². The molecule has 0 saturated carbocycles. The molecule has 0 aliphatic heterocycles. The third-order valence-electron chi connectivity index (χ3n) is 3.33. The van der Waals surface area contributed by atoms with Crippen LogP contribution in [0, 0.1) is 0 Å². The molecular formula is C16H15F3N2O. The average Bonchev–Trinajstić information content (AvgIpc) is 2.52. The van der Waals surface area contributed by atoms with Crippen molar-refractivity contribution in [2.75, 3.05) is 6.54 Å². The van der Waals surface area contributed by atoms with Crippen molar-refractivity contribution >= 4 is 5.78 Å². The summed E-state index contributed by atoms with van der Waals surface area (Å²) in [5.41, 5.74) is 11.8. The Morgan fingerprint density at radius 2 is 1.64 bits per heavy atom. The minimum Gasteiger partial charge on any atom is -0.326 e. The molecule has 6 heteroatoms. The summed E-state index contributed by atoms with van der Waals surface area (Å²) in [6.07, 6.45) is -4.48. The maximum Gasteiger partial charge on any atom is 0.416 e. The molecule has 2 aromatic carbocycles. The summed E-state index contributed by atoms with van der Waals surface area (Å²) >= 11 is 0. The van der Waals surface area contributed by atoms with Crippen molar-refractivity contribution in [3.05, 3.63) is 59.2 Å². The number of carbonyl (C=O) groups is 1. The SMILES string of the molecule is NCC(=O)c1ccc(C(F)(F)F)cc1-c1ccc(CN)cc1. The first-order valence-electron chi connectivity index (χ1n) is 6.60. The predicted molar refractivity (Wildman–Crippen MR) is 78.2 cm³/mol. The molecule has 0 atom stereocenters. The molecule has 0 heterocycles. The number of carbonyl (C=O) groups excluding carboxylic acids is 1. The lowest BCUT2D eigenvalue weighted by atomic mass is 9.94. The zero-order valence-corrected chi connectivity index (χ0v) is 11.7. The van der Waals surface area contributed by atoms with Gasteiger partial charge < -0.3 is 11.5 Å². The molecule has 0 unspecified atom stereocenters. The zero-order valence-electron chi connectivity index (χ0n) is 11.7. The van der Waals surface area contributed by atoms with Crippen LogP contribution >= 0.6 is 0 Å². The number of alkyl halides is 3. The Hall–Kier alpha value is -2.18. The Morgan fingerprint density at radius 3 is 2.14 bits per heavy atom. The van der Waals surface area contributed by atoms with E-state index in [2.05, 4.69) is 0 Å². The van der Waals surface area contributed by atoms with E-state index >= 15 is 0 Å². The van der Waals surface area contributed by atoms with E-state index < -0.39 is 17.5 Å². The molecule has 0 aliphatic carbocycles. The third-order valence-corrected chi connectivity index (χ3v) is 3.33. The largest absolute Gasteiger partial charge is 0.416 e. The number of rotatable bonds is 4. The highest BCUT2D eigenvalue weighted by Crippen LogP contribution is 2.34. The van der Waals surface area contributed by atoms with Crippen molar-refractivity contribution in [2.45, 2.75) is 12.7 Å². The first-order valence-corrected chi connectivity index (χ1v) is 6.60. The molecule has 0 radical (unpaired) electrons. The number of halogens is 3. The van der Waals surface area contributed by atoms with E-state index in [1.807, 2.05) is 0 Å². The summed E-state index contributed by atoms with van der Waals surface area (Å²) < 4.78 is 38.7. The maximum absolute atomic E-state index is 12.9. The Morgan fingerprint density at radius 1 is 1.00 bits per heavy atom. The first kappa shape index (κ1) is 16.2. The third kappa shape index (κ3) is 3.35. The van der Waals surface area contributed by atoms with Crippen LogP contribution in [0.5, 0.6) is 0 Å². The molecule has 0 aromatic heterocycles. The monoisotopic (exact) mass is 308 g/mol. The molecule has 22 heavy (non-hydrogen) atoms. The van der Waals surface area contributed by atoms with Gasteiger partial charge in [0.25, 0.3) is 0 Å². The zero-order chi connectivity index (χ0) is 16.3. The van der Waals surface area contributed by atoms with Gasteiger partial charge >= 0.3 is 6.18 Å². The van der Waals surface area contributed by atoms with Crippen molar-refractivity contribution < 1.29 is 18.0 Å². The van der Waals surface area contributed by atoms with E-state index in [9.17, 15) is 18.0 Å². The van der Waals surface area contributed by atoms with Crippen molar-refractivity contribution in [3.8, 4) is 11.1 Å². The van der Waals surface area contributed by atoms with Gasteiger partial charge in [-0.15, -0.1) is 0 Å². The lowest BCUT2D eigenvalue weighted by molar-refractivity contribution is -0.137. The topological polar surface area (TPSA) is 69.1 Å². The molecule has 3 nitrogen and oxygen atoms in total. The summed E-state index contributed by atoms with van der Waals surface area (Å²) in [7, 11) is 0. The minimum atomic E-state index is -4.48. The smallest absolute Gasteiger partial charge is 0.326 e. The summed E-state index contributed by atoms with van der Waals surface area (Å²) in [5.74, 6) is -0.411. The van der Waals surface area contributed by atoms with Crippen LogP contribution in [0.2, 0.25) is 0 Å². The van der Waals surface area contributed by atoms with Gasteiger partial charge in [-0.25, -0.2) is 0 Å². The Bertz CT molecular complexity index is 679. The van der Waals surface area contributed by atoms with Crippen molar-refractivity contribution in [1.82, 2.24) is 0 Å². The predicted octanol–water partition coefficient (Wildman–Crippen LogP) is 2.97. The van der Waals surface area contributed by atoms with Crippen LogP contribution in [0.3, 0.4) is 0 Å². The fourth-order valence-electron chi connectivity index (χ4n) is 2.13. The molecule has 0 aliphatic rings. The van der Waals surface area contributed by atoms with E-state index in [0.29, 0.717) is 12.1 Å². The number of Topliss-reactive ketones (excluding diaryl/α,β-unsaturated/α-hetero) is 1. The van der Waals surface area contributed by atoms with Gasteiger partial charge in [-0.3, -0.25) is 4.79 Å². The summed E-state index contributed by atoms with van der Waals surface area (Å²) in [6.45, 7) is 0.0662. The second kappa shape index (κ2) is 6.29. The molecule has 0 saturated heterocycles. The van der Waals surface area contributed by atoms with Crippen LogP contribution in [-0.4, -0.2) is 12.3 Å². The fraction of sp³-hybridized carbons (Fsp3) is 0.188. The van der Waals surface area contributed by atoms with Gasteiger partial charge in [0.1, 0.15) is 0 Å². The fourth-order valence-corrected chi connectivity index (χ4v) is 2.13. The van der Waals surface area contributed by atoms with Crippen LogP contribution in [0.15, 0.2) is 42.5 Å². The first-order chi connectivity index (χ1) is 10.4.